The van der Waals surface area contributed by atoms with Crippen LogP contribution in [0.2, 0.25) is 15.1 Å². The molecule has 0 bridgehead atoms. The molecule has 1 N–H and O–H groups in total. The summed E-state index contributed by atoms with van der Waals surface area (Å²) < 4.78 is 5.85. The number of ether oxygens (including phenoxy) is 1. The highest BCUT2D eigenvalue weighted by Gasteiger charge is 2.33. The van der Waals surface area contributed by atoms with Crippen LogP contribution < -0.4 is 10.1 Å². The van der Waals surface area contributed by atoms with Crippen LogP contribution >= 0.6 is 34.8 Å². The predicted molar refractivity (Wildman–Crippen MR) is 153 cm³/mol. The van der Waals surface area contributed by atoms with E-state index in [1.165, 1.54) is 4.90 Å². The maximum absolute atomic E-state index is 13.8. The van der Waals surface area contributed by atoms with Crippen LogP contribution in [0.15, 0.2) is 66.7 Å². The SMILES string of the molecule is Cc1cc(OCC(=O)N(Cc2c(Cl)cccc2Cl)C(Cc2ccccc2)C(=O)NC2CCCC2)ccc1Cl. The number of nitrogens with zero attached hydrogens (tertiary/aromatic N) is 1. The van der Waals surface area contributed by atoms with Crippen molar-refractivity contribution in [1.82, 2.24) is 10.2 Å². The summed E-state index contributed by atoms with van der Waals surface area (Å²) in [6.45, 7) is 1.67. The highest BCUT2D eigenvalue weighted by atomic mass is 35.5. The summed E-state index contributed by atoms with van der Waals surface area (Å²) in [4.78, 5) is 29.1. The fourth-order valence-electron chi connectivity index (χ4n) is 4.71. The second-order valence-corrected chi connectivity index (χ2v) is 10.8. The molecule has 0 spiro atoms. The second-order valence-electron chi connectivity index (χ2n) is 9.62. The van der Waals surface area contributed by atoms with Gasteiger partial charge in [0.05, 0.1) is 0 Å². The number of hydrogen-bond acceptors (Lipinski definition) is 3. The van der Waals surface area contributed by atoms with Crippen molar-refractivity contribution >= 4 is 46.6 Å². The molecule has 1 fully saturated rings. The Kier molecular flexibility index (Phi) is 9.95. The minimum Gasteiger partial charge on any atom is -0.484 e. The van der Waals surface area contributed by atoms with E-state index in [1.54, 1.807) is 36.4 Å². The molecule has 3 aromatic carbocycles. The van der Waals surface area contributed by atoms with Gasteiger partial charge in [0.25, 0.3) is 5.91 Å². The number of halogens is 3. The van der Waals surface area contributed by atoms with Crippen LogP contribution in [0.5, 0.6) is 5.75 Å². The molecule has 1 aliphatic rings. The van der Waals surface area contributed by atoms with Gasteiger partial charge in [-0.3, -0.25) is 9.59 Å². The number of carbonyl (C=O) groups is 2. The number of benzene rings is 3. The Labute approximate surface area is 239 Å². The van der Waals surface area contributed by atoms with Crippen LogP contribution in [0.3, 0.4) is 0 Å². The molecule has 200 valence electrons. The molecule has 2 amide bonds. The summed E-state index contributed by atoms with van der Waals surface area (Å²) in [5, 5.41) is 4.66. The monoisotopic (exact) mass is 572 g/mol. The Bertz CT molecular complexity index is 1240. The van der Waals surface area contributed by atoms with Crippen molar-refractivity contribution in [2.75, 3.05) is 6.61 Å². The molecule has 0 saturated heterocycles. The minimum atomic E-state index is -0.784. The highest BCUT2D eigenvalue weighted by Crippen LogP contribution is 2.28. The van der Waals surface area contributed by atoms with Gasteiger partial charge >= 0.3 is 0 Å². The zero-order valence-electron chi connectivity index (χ0n) is 21.3. The molecule has 1 unspecified atom stereocenters. The molecule has 38 heavy (non-hydrogen) atoms. The van der Waals surface area contributed by atoms with Gasteiger partial charge in [0.15, 0.2) is 6.61 Å². The number of amides is 2. The van der Waals surface area contributed by atoms with Gasteiger partial charge in [-0.05, 0) is 61.2 Å². The molecule has 0 aliphatic heterocycles. The quantitative estimate of drug-likeness (QED) is 0.283. The van der Waals surface area contributed by atoms with Crippen molar-refractivity contribution in [3.63, 3.8) is 0 Å². The molecular formula is C30H31Cl3N2O3. The van der Waals surface area contributed by atoms with Gasteiger partial charge in [0.1, 0.15) is 11.8 Å². The van der Waals surface area contributed by atoms with E-state index < -0.39 is 6.04 Å². The molecule has 0 radical (unpaired) electrons. The van der Waals surface area contributed by atoms with Crippen molar-refractivity contribution in [1.29, 1.82) is 0 Å². The Hall–Kier alpha value is -2.73. The lowest BCUT2D eigenvalue weighted by atomic mass is 10.0. The Morgan fingerprint density at radius 1 is 0.947 bits per heavy atom. The first-order valence-electron chi connectivity index (χ1n) is 12.8. The largest absolute Gasteiger partial charge is 0.484 e. The third-order valence-electron chi connectivity index (χ3n) is 6.85. The van der Waals surface area contributed by atoms with E-state index in [4.69, 9.17) is 39.5 Å². The molecule has 1 atom stereocenters. The Morgan fingerprint density at radius 3 is 2.29 bits per heavy atom. The van der Waals surface area contributed by atoms with Crippen LogP contribution in [0.25, 0.3) is 0 Å². The second kappa shape index (κ2) is 13.4. The summed E-state index contributed by atoms with van der Waals surface area (Å²) >= 11 is 19.1. The van der Waals surface area contributed by atoms with Crippen LogP contribution in [0, 0.1) is 6.92 Å². The van der Waals surface area contributed by atoms with E-state index in [0.717, 1.165) is 36.8 Å². The lowest BCUT2D eigenvalue weighted by Gasteiger charge is -2.32. The van der Waals surface area contributed by atoms with Crippen molar-refractivity contribution in [3.05, 3.63) is 98.5 Å². The average Bonchev–Trinajstić information content (AvgIpc) is 3.41. The lowest BCUT2D eigenvalue weighted by Crippen LogP contribution is -2.53. The zero-order chi connectivity index (χ0) is 27.1. The van der Waals surface area contributed by atoms with Crippen LogP contribution in [0.4, 0.5) is 0 Å². The number of rotatable bonds is 10. The third-order valence-corrected chi connectivity index (χ3v) is 7.99. The summed E-state index contributed by atoms with van der Waals surface area (Å²) in [6, 6.07) is 19.4. The molecule has 0 aromatic heterocycles. The van der Waals surface area contributed by atoms with Gasteiger partial charge in [-0.2, -0.15) is 0 Å². The molecule has 0 heterocycles. The van der Waals surface area contributed by atoms with E-state index in [2.05, 4.69) is 5.32 Å². The van der Waals surface area contributed by atoms with Gasteiger partial charge in [-0.15, -0.1) is 0 Å². The normalized spacial score (nSPS) is 14.2. The topological polar surface area (TPSA) is 58.6 Å². The van der Waals surface area contributed by atoms with Gasteiger partial charge in [0, 0.05) is 39.6 Å². The average molecular weight is 574 g/mol. The van der Waals surface area contributed by atoms with Crippen molar-refractivity contribution in [3.8, 4) is 5.75 Å². The van der Waals surface area contributed by atoms with Crippen molar-refractivity contribution < 1.29 is 14.3 Å². The summed E-state index contributed by atoms with van der Waals surface area (Å²) in [6.07, 6.45) is 4.38. The number of nitrogens with one attached hydrogen (secondary N) is 1. The Morgan fingerprint density at radius 2 is 1.63 bits per heavy atom. The maximum atomic E-state index is 13.8. The van der Waals surface area contributed by atoms with E-state index in [1.807, 2.05) is 37.3 Å². The van der Waals surface area contributed by atoms with Gasteiger partial charge in [-0.25, -0.2) is 0 Å². The van der Waals surface area contributed by atoms with E-state index >= 15 is 0 Å². The molecule has 1 saturated carbocycles. The van der Waals surface area contributed by atoms with E-state index in [9.17, 15) is 9.59 Å². The fraction of sp³-hybridized carbons (Fsp3) is 0.333. The van der Waals surface area contributed by atoms with Gasteiger partial charge < -0.3 is 15.0 Å². The molecule has 1 aliphatic carbocycles. The first-order chi connectivity index (χ1) is 18.3. The molecule has 8 heteroatoms. The van der Waals surface area contributed by atoms with Gasteiger partial charge in [-0.1, -0.05) is 84.0 Å². The van der Waals surface area contributed by atoms with E-state index in [-0.39, 0.29) is 31.0 Å². The molecule has 4 rings (SSSR count). The predicted octanol–water partition coefficient (Wildman–Crippen LogP) is 7.03. The first-order valence-corrected chi connectivity index (χ1v) is 13.9. The smallest absolute Gasteiger partial charge is 0.261 e. The first kappa shape index (κ1) is 28.3. The highest BCUT2D eigenvalue weighted by molar-refractivity contribution is 6.36. The number of aryl methyl sites for hydroxylation is 1. The van der Waals surface area contributed by atoms with Crippen molar-refractivity contribution in [2.45, 2.75) is 57.7 Å². The number of carbonyl (C=O) groups excluding carboxylic acids is 2. The summed E-state index contributed by atoms with van der Waals surface area (Å²) in [5.74, 6) is -0.0262. The fourth-order valence-corrected chi connectivity index (χ4v) is 5.34. The molecule has 5 nitrogen and oxygen atoms in total. The van der Waals surface area contributed by atoms with Crippen LogP contribution in [-0.2, 0) is 22.6 Å². The van der Waals surface area contributed by atoms with Crippen molar-refractivity contribution in [2.24, 2.45) is 0 Å². The third kappa shape index (κ3) is 7.43. The number of hydrogen-bond donors (Lipinski definition) is 1. The van der Waals surface area contributed by atoms with Crippen LogP contribution in [-0.4, -0.2) is 35.4 Å². The lowest BCUT2D eigenvalue weighted by molar-refractivity contribution is -0.143. The van der Waals surface area contributed by atoms with Gasteiger partial charge in [0.2, 0.25) is 5.91 Å². The molecular weight excluding hydrogens is 543 g/mol. The molecule has 3 aromatic rings. The standard InChI is InChI=1S/C30H31Cl3N2O3/c1-20-16-23(14-15-25(20)31)38-19-29(36)35(18-24-26(32)12-7-13-27(24)33)28(17-21-8-3-2-4-9-21)30(37)34-22-10-5-6-11-22/h2-4,7-9,12-16,22,28H,5-6,10-11,17-19H2,1H3,(H,34,37). The summed E-state index contributed by atoms with van der Waals surface area (Å²) in [5.41, 5.74) is 2.36. The minimum absolute atomic E-state index is 0.0654. The maximum Gasteiger partial charge on any atom is 0.261 e. The van der Waals surface area contributed by atoms with E-state index in [0.29, 0.717) is 32.8 Å². The Balaban J connectivity index is 1.65. The summed E-state index contributed by atoms with van der Waals surface area (Å²) in [7, 11) is 0. The zero-order valence-corrected chi connectivity index (χ0v) is 23.5. The van der Waals surface area contributed by atoms with Crippen LogP contribution in [0.1, 0.15) is 42.4 Å².